The van der Waals surface area contributed by atoms with Crippen LogP contribution >= 0.6 is 23.5 Å². The lowest BCUT2D eigenvalue weighted by molar-refractivity contribution is -0.384. The quantitative estimate of drug-likeness (QED) is 0.456. The Morgan fingerprint density at radius 1 is 1.31 bits per heavy atom. The summed E-state index contributed by atoms with van der Waals surface area (Å²) in [5.41, 5.74) is 3.27. The Bertz CT molecular complexity index is 827. The number of furan rings is 1. The molecular formula is C17H17N3O4S2. The van der Waals surface area contributed by atoms with Crippen molar-refractivity contribution in [3.8, 4) is 11.3 Å². The number of carbonyl (C=O) groups is 1. The third-order valence-electron chi connectivity index (χ3n) is 3.75. The molecule has 0 unspecified atom stereocenters. The highest BCUT2D eigenvalue weighted by molar-refractivity contribution is 8.21. The van der Waals surface area contributed by atoms with Crippen molar-refractivity contribution in [2.75, 3.05) is 11.5 Å². The largest absolute Gasteiger partial charge is 0.455 e. The van der Waals surface area contributed by atoms with Gasteiger partial charge < -0.3 is 4.42 Å². The molecule has 0 atom stereocenters. The SMILES string of the molecule is CC1(CC(=O)N/N=C\c2ccc(-c3ccc([N+](=O)[O-])cc3)o2)SCCS1. The van der Waals surface area contributed by atoms with Crippen LogP contribution < -0.4 is 5.43 Å². The van der Waals surface area contributed by atoms with Crippen LogP contribution in [0.25, 0.3) is 11.3 Å². The first-order valence-corrected chi connectivity index (χ1v) is 9.87. The topological polar surface area (TPSA) is 97.7 Å². The van der Waals surface area contributed by atoms with E-state index in [0.717, 1.165) is 17.1 Å². The summed E-state index contributed by atoms with van der Waals surface area (Å²) in [4.78, 5) is 22.2. The number of benzene rings is 1. The molecule has 1 saturated heterocycles. The van der Waals surface area contributed by atoms with E-state index in [0.29, 0.717) is 17.9 Å². The van der Waals surface area contributed by atoms with Gasteiger partial charge in [0.05, 0.1) is 21.6 Å². The van der Waals surface area contributed by atoms with Crippen molar-refractivity contribution in [1.82, 2.24) is 5.43 Å². The van der Waals surface area contributed by atoms with Crippen molar-refractivity contribution in [1.29, 1.82) is 0 Å². The van der Waals surface area contributed by atoms with E-state index in [-0.39, 0.29) is 15.7 Å². The fourth-order valence-corrected chi connectivity index (χ4v) is 5.31. The smallest absolute Gasteiger partial charge is 0.269 e. The molecule has 1 aromatic heterocycles. The average Bonchev–Trinajstić information content (AvgIpc) is 3.24. The van der Waals surface area contributed by atoms with Gasteiger partial charge in [-0.1, -0.05) is 0 Å². The monoisotopic (exact) mass is 391 g/mol. The summed E-state index contributed by atoms with van der Waals surface area (Å²) in [6, 6.07) is 9.55. The minimum Gasteiger partial charge on any atom is -0.455 e. The second-order valence-corrected chi connectivity index (χ2v) is 9.26. The lowest BCUT2D eigenvalue weighted by atomic mass is 10.1. The number of non-ortho nitro benzene ring substituents is 1. The van der Waals surface area contributed by atoms with Gasteiger partial charge in [0.25, 0.3) is 5.69 Å². The third kappa shape index (κ3) is 4.67. The molecule has 1 fully saturated rings. The van der Waals surface area contributed by atoms with Crippen LogP contribution in [-0.2, 0) is 4.79 Å². The molecule has 1 aliphatic rings. The Morgan fingerprint density at radius 2 is 2.00 bits per heavy atom. The summed E-state index contributed by atoms with van der Waals surface area (Å²) in [5, 5.41) is 14.6. The van der Waals surface area contributed by atoms with E-state index in [1.807, 2.05) is 0 Å². The van der Waals surface area contributed by atoms with E-state index in [9.17, 15) is 14.9 Å². The van der Waals surface area contributed by atoms with Gasteiger partial charge >= 0.3 is 0 Å². The van der Waals surface area contributed by atoms with Gasteiger partial charge in [0.15, 0.2) is 0 Å². The van der Waals surface area contributed by atoms with Crippen molar-refractivity contribution in [3.63, 3.8) is 0 Å². The van der Waals surface area contributed by atoms with Crippen LogP contribution in [0.4, 0.5) is 5.69 Å². The lowest BCUT2D eigenvalue weighted by Crippen LogP contribution is -2.26. The van der Waals surface area contributed by atoms with Gasteiger partial charge in [-0.3, -0.25) is 14.9 Å². The van der Waals surface area contributed by atoms with E-state index >= 15 is 0 Å². The fraction of sp³-hybridized carbons (Fsp3) is 0.294. The molecule has 3 rings (SSSR count). The first-order chi connectivity index (χ1) is 12.5. The number of nitrogens with one attached hydrogen (secondary N) is 1. The average molecular weight is 391 g/mol. The van der Waals surface area contributed by atoms with Gasteiger partial charge in [-0.15, -0.1) is 23.5 Å². The first kappa shape index (κ1) is 18.5. The van der Waals surface area contributed by atoms with E-state index in [4.69, 9.17) is 4.42 Å². The van der Waals surface area contributed by atoms with Crippen molar-refractivity contribution in [2.24, 2.45) is 5.10 Å². The summed E-state index contributed by atoms with van der Waals surface area (Å²) < 4.78 is 5.55. The number of hydrogen-bond donors (Lipinski definition) is 1. The third-order valence-corrected chi connectivity index (χ3v) is 7.04. The van der Waals surface area contributed by atoms with Crippen molar-refractivity contribution in [2.45, 2.75) is 17.4 Å². The molecule has 0 bridgehead atoms. The van der Waals surface area contributed by atoms with Gasteiger partial charge in [-0.2, -0.15) is 5.10 Å². The number of rotatable bonds is 6. The second kappa shape index (κ2) is 7.96. The molecule has 1 aromatic carbocycles. The number of hydrogen-bond acceptors (Lipinski definition) is 7. The van der Waals surface area contributed by atoms with Crippen molar-refractivity contribution < 1.29 is 14.1 Å². The number of nitro benzene ring substituents is 1. The summed E-state index contributed by atoms with van der Waals surface area (Å²) in [7, 11) is 0. The highest BCUT2D eigenvalue weighted by Gasteiger charge is 2.32. The molecule has 0 aliphatic carbocycles. The molecular weight excluding hydrogens is 374 g/mol. The maximum Gasteiger partial charge on any atom is 0.269 e. The van der Waals surface area contributed by atoms with E-state index in [1.54, 1.807) is 47.8 Å². The Kier molecular flexibility index (Phi) is 5.67. The van der Waals surface area contributed by atoms with Gasteiger partial charge in [0.2, 0.25) is 5.91 Å². The Morgan fingerprint density at radius 3 is 2.65 bits per heavy atom. The molecule has 9 heteroatoms. The molecule has 1 N–H and O–H groups in total. The Balaban J connectivity index is 1.56. The minimum atomic E-state index is -0.449. The first-order valence-electron chi connectivity index (χ1n) is 7.90. The standard InChI is InChI=1S/C17H17N3O4S2/c1-17(25-8-9-26-17)10-16(21)19-18-11-14-6-7-15(24-14)12-2-4-13(5-3-12)20(22)23/h2-7,11H,8-10H2,1H3,(H,19,21)/b18-11-. The van der Waals surface area contributed by atoms with Crippen LogP contribution in [0.2, 0.25) is 0 Å². The van der Waals surface area contributed by atoms with Gasteiger partial charge in [0, 0.05) is 29.2 Å². The van der Waals surface area contributed by atoms with E-state index in [2.05, 4.69) is 17.5 Å². The lowest BCUT2D eigenvalue weighted by Gasteiger charge is -2.19. The number of hydrazone groups is 1. The molecule has 0 spiro atoms. The van der Waals surface area contributed by atoms with Gasteiger partial charge in [-0.25, -0.2) is 5.43 Å². The van der Waals surface area contributed by atoms with Crippen LogP contribution in [0.3, 0.4) is 0 Å². The summed E-state index contributed by atoms with van der Waals surface area (Å²) in [6.45, 7) is 2.07. The van der Waals surface area contributed by atoms with Crippen LogP contribution in [-0.4, -0.2) is 32.6 Å². The maximum atomic E-state index is 12.0. The zero-order valence-electron chi connectivity index (χ0n) is 14.0. The number of nitrogens with zero attached hydrogens (tertiary/aromatic N) is 2. The second-order valence-electron chi connectivity index (χ2n) is 5.81. The molecule has 0 saturated carbocycles. The van der Waals surface area contributed by atoms with Crippen molar-refractivity contribution in [3.05, 3.63) is 52.3 Å². The predicted molar refractivity (Wildman–Crippen MR) is 104 cm³/mol. The summed E-state index contributed by atoms with van der Waals surface area (Å²) >= 11 is 3.59. The maximum absolute atomic E-state index is 12.0. The fourth-order valence-electron chi connectivity index (χ4n) is 2.48. The molecule has 2 heterocycles. The number of carbonyl (C=O) groups excluding carboxylic acids is 1. The van der Waals surface area contributed by atoms with E-state index < -0.39 is 4.92 Å². The molecule has 2 aromatic rings. The normalized spacial score (nSPS) is 16.0. The molecule has 26 heavy (non-hydrogen) atoms. The van der Waals surface area contributed by atoms with E-state index in [1.165, 1.54) is 18.3 Å². The van der Waals surface area contributed by atoms with Crippen LogP contribution in [0.5, 0.6) is 0 Å². The van der Waals surface area contributed by atoms with Crippen molar-refractivity contribution >= 4 is 41.3 Å². The molecule has 136 valence electrons. The van der Waals surface area contributed by atoms with Crippen LogP contribution in [0.15, 0.2) is 45.9 Å². The zero-order valence-corrected chi connectivity index (χ0v) is 15.6. The highest BCUT2D eigenvalue weighted by atomic mass is 32.2. The number of amides is 1. The molecule has 0 radical (unpaired) electrons. The Labute approximate surface area is 158 Å². The van der Waals surface area contributed by atoms with Crippen LogP contribution in [0, 0.1) is 10.1 Å². The number of thioether (sulfide) groups is 2. The molecule has 1 aliphatic heterocycles. The van der Waals surface area contributed by atoms with Gasteiger partial charge in [-0.05, 0) is 31.2 Å². The molecule has 7 nitrogen and oxygen atoms in total. The minimum absolute atomic E-state index is 0.0251. The van der Waals surface area contributed by atoms with Gasteiger partial charge in [0.1, 0.15) is 11.5 Å². The predicted octanol–water partition coefficient (Wildman–Crippen LogP) is 3.89. The Hall–Kier alpha value is -2.26. The molecule has 1 amide bonds. The summed E-state index contributed by atoms with van der Waals surface area (Å²) in [5.74, 6) is 3.05. The van der Waals surface area contributed by atoms with Crippen LogP contribution in [0.1, 0.15) is 19.1 Å². The highest BCUT2D eigenvalue weighted by Crippen LogP contribution is 2.45. The summed E-state index contributed by atoms with van der Waals surface area (Å²) in [6.07, 6.45) is 1.84. The zero-order chi connectivity index (χ0) is 18.6. The number of nitro groups is 1.